The molecule has 3 aromatic rings. The Morgan fingerprint density at radius 2 is 2.00 bits per heavy atom. The van der Waals surface area contributed by atoms with Crippen LogP contribution >= 0.6 is 0 Å². The molecular formula is C23H28N6O5. The van der Waals surface area contributed by atoms with Gasteiger partial charge in [0.05, 0.1) is 13.2 Å². The molecule has 2 aromatic heterocycles. The molecule has 0 saturated carbocycles. The summed E-state index contributed by atoms with van der Waals surface area (Å²) in [5, 5.41) is 9.78. The third-order valence-electron chi connectivity index (χ3n) is 4.72. The summed E-state index contributed by atoms with van der Waals surface area (Å²) < 4.78 is 11.8. The Kier molecular flexibility index (Phi) is 8.14. The van der Waals surface area contributed by atoms with Gasteiger partial charge in [0.15, 0.2) is 5.69 Å². The molecule has 0 bridgehead atoms. The SMILES string of the molecule is CCOC(=O)Nc1cccc(Cn2nc(-c3nc(C(=O)NCCN(C)C)c(C)o3)ccc2=O)c1. The van der Waals surface area contributed by atoms with Gasteiger partial charge >= 0.3 is 6.09 Å². The van der Waals surface area contributed by atoms with E-state index in [2.05, 4.69) is 20.7 Å². The van der Waals surface area contributed by atoms with Crippen LogP contribution < -0.4 is 16.2 Å². The van der Waals surface area contributed by atoms with Crippen molar-refractivity contribution in [3.63, 3.8) is 0 Å². The average molecular weight is 469 g/mol. The first-order chi connectivity index (χ1) is 16.3. The highest BCUT2D eigenvalue weighted by Gasteiger charge is 2.19. The van der Waals surface area contributed by atoms with Crippen molar-refractivity contribution in [3.05, 3.63) is 63.8 Å². The van der Waals surface area contributed by atoms with E-state index in [0.29, 0.717) is 30.2 Å². The Hall–Kier alpha value is -3.99. The predicted octanol–water partition coefficient (Wildman–Crippen LogP) is 2.11. The van der Waals surface area contributed by atoms with Crippen molar-refractivity contribution in [1.29, 1.82) is 0 Å². The Bertz CT molecular complexity index is 1220. The molecule has 0 aliphatic carbocycles. The first-order valence-corrected chi connectivity index (χ1v) is 10.8. The Balaban J connectivity index is 1.78. The summed E-state index contributed by atoms with van der Waals surface area (Å²) in [6.45, 7) is 4.95. The minimum Gasteiger partial charge on any atom is -0.450 e. The van der Waals surface area contributed by atoms with Crippen LogP contribution in [-0.4, -0.2) is 65.5 Å². The number of carbonyl (C=O) groups excluding carboxylic acids is 2. The average Bonchev–Trinajstić information content (AvgIpc) is 3.17. The monoisotopic (exact) mass is 468 g/mol. The van der Waals surface area contributed by atoms with Gasteiger partial charge in [-0.15, -0.1) is 0 Å². The summed E-state index contributed by atoms with van der Waals surface area (Å²) in [4.78, 5) is 42.7. The molecule has 0 unspecified atom stereocenters. The van der Waals surface area contributed by atoms with E-state index < -0.39 is 6.09 Å². The van der Waals surface area contributed by atoms with Crippen LogP contribution in [0.1, 0.15) is 28.7 Å². The molecule has 0 saturated heterocycles. The fourth-order valence-electron chi connectivity index (χ4n) is 3.08. The van der Waals surface area contributed by atoms with Crippen LogP contribution in [0.3, 0.4) is 0 Å². The smallest absolute Gasteiger partial charge is 0.411 e. The van der Waals surface area contributed by atoms with Gasteiger partial charge in [-0.3, -0.25) is 14.9 Å². The van der Waals surface area contributed by atoms with Gasteiger partial charge in [0, 0.05) is 24.8 Å². The summed E-state index contributed by atoms with van der Waals surface area (Å²) in [5.41, 5.74) is 1.44. The summed E-state index contributed by atoms with van der Waals surface area (Å²) >= 11 is 0. The fourth-order valence-corrected chi connectivity index (χ4v) is 3.08. The first kappa shape index (κ1) is 24.6. The standard InChI is InChI=1S/C23H28N6O5/c1-5-33-23(32)25-17-8-6-7-16(13-17)14-29-19(30)10-9-18(27-29)22-26-20(15(2)34-22)21(31)24-11-12-28(3)4/h6-10,13H,5,11-12,14H2,1-4H3,(H,24,31)(H,25,32). The van der Waals surface area contributed by atoms with Crippen LogP contribution in [0.5, 0.6) is 0 Å². The maximum Gasteiger partial charge on any atom is 0.411 e. The molecule has 3 rings (SSSR count). The number of aryl methyl sites for hydroxylation is 1. The van der Waals surface area contributed by atoms with E-state index in [1.165, 1.54) is 16.8 Å². The van der Waals surface area contributed by atoms with Crippen LogP contribution in [0.25, 0.3) is 11.6 Å². The molecule has 1 aromatic carbocycles. The number of hydrogen-bond acceptors (Lipinski definition) is 8. The number of benzene rings is 1. The van der Waals surface area contributed by atoms with E-state index in [9.17, 15) is 14.4 Å². The van der Waals surface area contributed by atoms with Crippen molar-refractivity contribution < 1.29 is 18.7 Å². The normalized spacial score (nSPS) is 10.9. The molecule has 2 heterocycles. The summed E-state index contributed by atoms with van der Waals surface area (Å²) in [6, 6.07) is 9.86. The third kappa shape index (κ3) is 6.51. The van der Waals surface area contributed by atoms with Gasteiger partial charge in [-0.1, -0.05) is 12.1 Å². The second kappa shape index (κ2) is 11.2. The number of amides is 2. The van der Waals surface area contributed by atoms with Crippen molar-refractivity contribution in [1.82, 2.24) is 25.0 Å². The predicted molar refractivity (Wildman–Crippen MR) is 126 cm³/mol. The lowest BCUT2D eigenvalue weighted by molar-refractivity contribution is 0.0945. The highest BCUT2D eigenvalue weighted by Crippen LogP contribution is 2.19. The lowest BCUT2D eigenvalue weighted by atomic mass is 10.2. The van der Waals surface area contributed by atoms with Gasteiger partial charge < -0.3 is 19.4 Å². The van der Waals surface area contributed by atoms with Gasteiger partial charge in [-0.05, 0) is 51.7 Å². The van der Waals surface area contributed by atoms with Crippen molar-refractivity contribution in [2.75, 3.05) is 39.1 Å². The number of hydrogen-bond donors (Lipinski definition) is 2. The maximum absolute atomic E-state index is 12.4. The minimum atomic E-state index is -0.558. The number of oxazole rings is 1. The lowest BCUT2D eigenvalue weighted by Crippen LogP contribution is -2.31. The lowest BCUT2D eigenvalue weighted by Gasteiger charge is -2.09. The molecule has 0 spiro atoms. The highest BCUT2D eigenvalue weighted by molar-refractivity contribution is 5.93. The number of rotatable bonds is 9. The number of carbonyl (C=O) groups is 2. The van der Waals surface area contributed by atoms with Crippen LogP contribution in [0.2, 0.25) is 0 Å². The van der Waals surface area contributed by atoms with Gasteiger partial charge in [0.2, 0.25) is 5.89 Å². The van der Waals surface area contributed by atoms with Crippen molar-refractivity contribution >= 4 is 17.7 Å². The quantitative estimate of drug-likeness (QED) is 0.488. The molecule has 34 heavy (non-hydrogen) atoms. The number of aromatic nitrogens is 3. The van der Waals surface area contributed by atoms with Crippen molar-refractivity contribution in [3.8, 4) is 11.6 Å². The zero-order valence-corrected chi connectivity index (χ0v) is 19.6. The molecule has 0 radical (unpaired) electrons. The second-order valence-electron chi connectivity index (χ2n) is 7.74. The van der Waals surface area contributed by atoms with Gasteiger partial charge in [0.1, 0.15) is 11.5 Å². The molecule has 180 valence electrons. The Morgan fingerprint density at radius 3 is 2.74 bits per heavy atom. The van der Waals surface area contributed by atoms with E-state index in [-0.39, 0.29) is 36.2 Å². The summed E-state index contributed by atoms with van der Waals surface area (Å²) in [7, 11) is 3.83. The first-order valence-electron chi connectivity index (χ1n) is 10.8. The van der Waals surface area contributed by atoms with Gasteiger partial charge in [-0.25, -0.2) is 14.5 Å². The minimum absolute atomic E-state index is 0.140. The van der Waals surface area contributed by atoms with Gasteiger partial charge in [-0.2, -0.15) is 5.10 Å². The van der Waals surface area contributed by atoms with Crippen LogP contribution in [0, 0.1) is 6.92 Å². The third-order valence-corrected chi connectivity index (χ3v) is 4.72. The molecule has 0 fully saturated rings. The Morgan fingerprint density at radius 1 is 1.21 bits per heavy atom. The second-order valence-corrected chi connectivity index (χ2v) is 7.74. The molecule has 2 amide bonds. The van der Waals surface area contributed by atoms with Crippen LogP contribution in [-0.2, 0) is 11.3 Å². The van der Waals surface area contributed by atoms with E-state index in [0.717, 1.165) is 5.56 Å². The number of nitrogens with one attached hydrogen (secondary N) is 2. The summed E-state index contributed by atoms with van der Waals surface area (Å²) in [6.07, 6.45) is -0.558. The van der Waals surface area contributed by atoms with Crippen molar-refractivity contribution in [2.24, 2.45) is 0 Å². The molecule has 0 atom stereocenters. The molecule has 11 heteroatoms. The highest BCUT2D eigenvalue weighted by atomic mass is 16.5. The zero-order valence-electron chi connectivity index (χ0n) is 19.6. The number of likely N-dealkylation sites (N-methyl/N-ethyl adjacent to an activating group) is 1. The van der Waals surface area contributed by atoms with Crippen molar-refractivity contribution in [2.45, 2.75) is 20.4 Å². The Labute approximate surface area is 196 Å². The molecule has 0 aliphatic heterocycles. The molecule has 2 N–H and O–H groups in total. The number of anilines is 1. The fraction of sp³-hybridized carbons (Fsp3) is 0.348. The van der Waals surface area contributed by atoms with Crippen LogP contribution in [0.15, 0.2) is 45.6 Å². The molecule has 0 aliphatic rings. The largest absolute Gasteiger partial charge is 0.450 e. The van der Waals surface area contributed by atoms with Crippen LogP contribution in [0.4, 0.5) is 10.5 Å². The number of nitrogens with zero attached hydrogens (tertiary/aromatic N) is 4. The van der Waals surface area contributed by atoms with E-state index in [1.54, 1.807) is 32.0 Å². The van der Waals surface area contributed by atoms with E-state index >= 15 is 0 Å². The van der Waals surface area contributed by atoms with E-state index in [4.69, 9.17) is 9.15 Å². The maximum atomic E-state index is 12.4. The number of ether oxygens (including phenoxy) is 1. The molecule has 11 nitrogen and oxygen atoms in total. The van der Waals surface area contributed by atoms with Gasteiger partial charge in [0.25, 0.3) is 11.5 Å². The topological polar surface area (TPSA) is 132 Å². The van der Waals surface area contributed by atoms with E-state index in [1.807, 2.05) is 25.1 Å². The molecular weight excluding hydrogens is 440 g/mol. The summed E-state index contributed by atoms with van der Waals surface area (Å²) in [5.74, 6) is 0.157. The zero-order chi connectivity index (χ0) is 24.7.